The summed E-state index contributed by atoms with van der Waals surface area (Å²) in [5.41, 5.74) is 5.61. The fraction of sp³-hybridized carbons (Fsp3) is 0.353. The minimum Gasteiger partial charge on any atom is -0.493 e. The average Bonchev–Trinajstić information content (AvgIpc) is 2.51. The van der Waals surface area contributed by atoms with Gasteiger partial charge in [-0.25, -0.2) is 9.59 Å². The molecular weight excluding hydrogens is 312 g/mol. The lowest BCUT2D eigenvalue weighted by atomic mass is 10.1. The third kappa shape index (κ3) is 6.12. The molecular formula is C17H22N2O5. The smallest absolute Gasteiger partial charge is 0.331 e. The van der Waals surface area contributed by atoms with Crippen molar-refractivity contribution in [2.75, 3.05) is 6.61 Å². The van der Waals surface area contributed by atoms with Gasteiger partial charge in [-0.05, 0) is 25.0 Å². The molecule has 0 saturated heterocycles. The number of rotatable bonds is 7. The quantitative estimate of drug-likeness (QED) is 0.584. The fourth-order valence-electron chi connectivity index (χ4n) is 1.91. The van der Waals surface area contributed by atoms with E-state index in [0.29, 0.717) is 17.9 Å². The third-order valence-electron chi connectivity index (χ3n) is 2.97. The second-order valence-electron chi connectivity index (χ2n) is 5.26. The first kappa shape index (κ1) is 19.2. The summed E-state index contributed by atoms with van der Waals surface area (Å²) in [7, 11) is 0. The van der Waals surface area contributed by atoms with Gasteiger partial charge >= 0.3 is 12.0 Å². The van der Waals surface area contributed by atoms with Crippen molar-refractivity contribution in [3.63, 3.8) is 0 Å². The van der Waals surface area contributed by atoms with Crippen LogP contribution in [0.3, 0.4) is 0 Å². The Kier molecular flexibility index (Phi) is 7.48. The number of urea groups is 1. The third-order valence-corrected chi connectivity index (χ3v) is 2.97. The van der Waals surface area contributed by atoms with Crippen LogP contribution in [0.5, 0.6) is 5.75 Å². The number of benzene rings is 1. The summed E-state index contributed by atoms with van der Waals surface area (Å²) in [6, 6.07) is 6.21. The number of carbonyl (C=O) groups is 3. The Bertz CT molecular complexity index is 625. The van der Waals surface area contributed by atoms with Gasteiger partial charge in [0.15, 0.2) is 6.10 Å². The molecule has 0 spiro atoms. The predicted molar refractivity (Wildman–Crippen MR) is 89.1 cm³/mol. The van der Waals surface area contributed by atoms with Gasteiger partial charge in [-0.1, -0.05) is 32.0 Å². The Morgan fingerprint density at radius 1 is 1.25 bits per heavy atom. The highest BCUT2D eigenvalue weighted by atomic mass is 16.5. The predicted octanol–water partition coefficient (Wildman–Crippen LogP) is 1.86. The molecule has 1 aromatic carbocycles. The molecule has 0 aliphatic carbocycles. The highest BCUT2D eigenvalue weighted by Gasteiger charge is 2.26. The number of nitrogens with one attached hydrogen (secondary N) is 1. The van der Waals surface area contributed by atoms with Gasteiger partial charge in [0, 0.05) is 11.6 Å². The van der Waals surface area contributed by atoms with Crippen molar-refractivity contribution >= 4 is 24.0 Å². The molecule has 0 aromatic heterocycles. The minimum absolute atomic E-state index is 0.322. The summed E-state index contributed by atoms with van der Waals surface area (Å²) in [6.07, 6.45) is 1.62. The lowest BCUT2D eigenvalue weighted by molar-refractivity contribution is -0.153. The first-order chi connectivity index (χ1) is 11.3. The molecule has 130 valence electrons. The van der Waals surface area contributed by atoms with E-state index in [4.69, 9.17) is 15.2 Å². The van der Waals surface area contributed by atoms with E-state index in [9.17, 15) is 14.4 Å². The van der Waals surface area contributed by atoms with Gasteiger partial charge in [-0.15, -0.1) is 0 Å². The molecule has 1 atom stereocenters. The van der Waals surface area contributed by atoms with Crippen LogP contribution in [0.4, 0.5) is 4.79 Å². The number of ether oxygens (including phenoxy) is 2. The average molecular weight is 334 g/mol. The monoisotopic (exact) mass is 334 g/mol. The van der Waals surface area contributed by atoms with Crippen molar-refractivity contribution in [3.8, 4) is 5.75 Å². The first-order valence-corrected chi connectivity index (χ1v) is 7.56. The number of para-hydroxylation sites is 1. The molecule has 0 fully saturated rings. The maximum absolute atomic E-state index is 11.9. The number of esters is 1. The number of hydrogen-bond acceptors (Lipinski definition) is 5. The molecule has 0 aliphatic rings. The van der Waals surface area contributed by atoms with Crippen LogP contribution < -0.4 is 15.8 Å². The van der Waals surface area contributed by atoms with Crippen LogP contribution in [0.1, 0.15) is 26.3 Å². The van der Waals surface area contributed by atoms with Crippen molar-refractivity contribution < 1.29 is 23.9 Å². The van der Waals surface area contributed by atoms with E-state index in [1.54, 1.807) is 26.0 Å². The van der Waals surface area contributed by atoms with Gasteiger partial charge in [0.1, 0.15) is 5.75 Å². The number of primary amides is 1. The molecule has 0 radical (unpaired) electrons. The van der Waals surface area contributed by atoms with E-state index in [1.165, 1.54) is 12.2 Å². The molecule has 1 aromatic rings. The molecule has 24 heavy (non-hydrogen) atoms. The topological polar surface area (TPSA) is 108 Å². The molecule has 7 heteroatoms. The van der Waals surface area contributed by atoms with Gasteiger partial charge in [0.05, 0.1) is 6.61 Å². The normalized spacial score (nSPS) is 12.0. The van der Waals surface area contributed by atoms with Crippen LogP contribution in [0.25, 0.3) is 6.08 Å². The minimum atomic E-state index is -1.11. The SMILES string of the molecule is CCOc1ccccc1/C=C/C(=O)O[C@H](C(=O)NC(N)=O)C(C)C. The highest BCUT2D eigenvalue weighted by Crippen LogP contribution is 2.19. The number of imide groups is 1. The summed E-state index contributed by atoms with van der Waals surface area (Å²) >= 11 is 0. The van der Waals surface area contributed by atoms with Crippen LogP contribution in [0, 0.1) is 5.92 Å². The summed E-state index contributed by atoms with van der Waals surface area (Å²) in [5.74, 6) is -1.15. The molecule has 3 amide bonds. The van der Waals surface area contributed by atoms with Crippen LogP contribution >= 0.6 is 0 Å². The second kappa shape index (κ2) is 9.34. The van der Waals surface area contributed by atoms with Gasteiger partial charge in [-0.2, -0.15) is 0 Å². The van der Waals surface area contributed by atoms with E-state index in [-0.39, 0.29) is 5.92 Å². The fourth-order valence-corrected chi connectivity index (χ4v) is 1.91. The number of nitrogens with two attached hydrogens (primary N) is 1. The maximum Gasteiger partial charge on any atom is 0.331 e. The first-order valence-electron chi connectivity index (χ1n) is 7.56. The Hall–Kier alpha value is -2.83. The molecule has 0 aliphatic heterocycles. The summed E-state index contributed by atoms with van der Waals surface area (Å²) < 4.78 is 10.6. The maximum atomic E-state index is 11.9. The molecule has 0 bridgehead atoms. The summed E-state index contributed by atoms with van der Waals surface area (Å²) in [6.45, 7) is 5.73. The second-order valence-corrected chi connectivity index (χ2v) is 5.26. The standard InChI is InChI=1S/C17H22N2O5/c1-4-23-13-8-6-5-7-12(13)9-10-14(20)24-15(11(2)3)16(21)19-17(18)22/h5-11,15H,4H2,1-3H3,(H3,18,19,21,22)/b10-9+/t15-/m0/s1. The summed E-state index contributed by atoms with van der Waals surface area (Å²) in [4.78, 5) is 34.5. The van der Waals surface area contributed by atoms with E-state index in [0.717, 1.165) is 0 Å². The molecule has 0 unspecified atom stereocenters. The highest BCUT2D eigenvalue weighted by molar-refractivity contribution is 5.97. The number of amides is 3. The van der Waals surface area contributed by atoms with E-state index in [1.807, 2.05) is 24.4 Å². The molecule has 0 saturated carbocycles. The Labute approximate surface area is 140 Å². The largest absolute Gasteiger partial charge is 0.493 e. The lowest BCUT2D eigenvalue weighted by Crippen LogP contribution is -2.45. The van der Waals surface area contributed by atoms with Crippen LogP contribution in [0.2, 0.25) is 0 Å². The van der Waals surface area contributed by atoms with Gasteiger partial charge in [-0.3, -0.25) is 10.1 Å². The molecule has 1 rings (SSSR count). The van der Waals surface area contributed by atoms with Crippen LogP contribution in [-0.4, -0.2) is 30.6 Å². The zero-order valence-corrected chi connectivity index (χ0v) is 13.9. The van der Waals surface area contributed by atoms with E-state index < -0.39 is 24.0 Å². The zero-order valence-electron chi connectivity index (χ0n) is 13.9. The molecule has 3 N–H and O–H groups in total. The van der Waals surface area contributed by atoms with Gasteiger partial charge < -0.3 is 15.2 Å². The zero-order chi connectivity index (χ0) is 18.1. The molecule has 0 heterocycles. The lowest BCUT2D eigenvalue weighted by Gasteiger charge is -2.18. The Morgan fingerprint density at radius 3 is 2.50 bits per heavy atom. The van der Waals surface area contributed by atoms with Crippen molar-refractivity contribution in [2.45, 2.75) is 26.9 Å². The van der Waals surface area contributed by atoms with E-state index in [2.05, 4.69) is 0 Å². The molecule has 7 nitrogen and oxygen atoms in total. The van der Waals surface area contributed by atoms with Gasteiger partial charge in [0.25, 0.3) is 5.91 Å². The van der Waals surface area contributed by atoms with Crippen LogP contribution in [0.15, 0.2) is 30.3 Å². The van der Waals surface area contributed by atoms with Crippen molar-refractivity contribution in [3.05, 3.63) is 35.9 Å². The van der Waals surface area contributed by atoms with E-state index >= 15 is 0 Å². The van der Waals surface area contributed by atoms with Crippen molar-refractivity contribution in [2.24, 2.45) is 11.7 Å². The Morgan fingerprint density at radius 2 is 1.92 bits per heavy atom. The number of hydrogen-bond donors (Lipinski definition) is 2. The number of carbonyl (C=O) groups excluding carboxylic acids is 3. The van der Waals surface area contributed by atoms with Crippen molar-refractivity contribution in [1.29, 1.82) is 0 Å². The summed E-state index contributed by atoms with van der Waals surface area (Å²) in [5, 5.41) is 1.91. The Balaban J connectivity index is 2.79. The van der Waals surface area contributed by atoms with Crippen LogP contribution in [-0.2, 0) is 14.3 Å². The van der Waals surface area contributed by atoms with Gasteiger partial charge in [0.2, 0.25) is 0 Å². The van der Waals surface area contributed by atoms with Crippen molar-refractivity contribution in [1.82, 2.24) is 5.32 Å².